The minimum absolute atomic E-state index is 0.435. The molecule has 0 fully saturated rings. The Morgan fingerprint density at radius 1 is 1.53 bits per heavy atom. The maximum absolute atomic E-state index is 11.2. The molecule has 1 heterocycles. The molecule has 0 amide bonds. The number of hydrogen-bond acceptors (Lipinski definition) is 3. The molecule has 0 aromatic heterocycles. The van der Waals surface area contributed by atoms with Crippen LogP contribution < -0.4 is 4.90 Å². The van der Waals surface area contributed by atoms with Gasteiger partial charge in [-0.05, 0) is 30.5 Å². The Morgan fingerprint density at radius 2 is 2.35 bits per heavy atom. The second-order valence-electron chi connectivity index (χ2n) is 4.19. The number of benzene rings is 1. The largest absolute Gasteiger partial charge is 0.478 e. The third kappa shape index (κ3) is 2.42. The van der Waals surface area contributed by atoms with Crippen molar-refractivity contribution in [1.29, 1.82) is 0 Å². The average Bonchev–Trinajstić information content (AvgIpc) is 2.35. The normalized spacial score (nSPS) is 14.5. The van der Waals surface area contributed by atoms with Crippen molar-refractivity contribution in [3.8, 4) is 0 Å². The summed E-state index contributed by atoms with van der Waals surface area (Å²) in [4.78, 5) is 13.4. The SMILES string of the molecule is COCCN1CCCc2c(C(=O)O)cccc21. The lowest BCUT2D eigenvalue weighted by Gasteiger charge is -2.31. The van der Waals surface area contributed by atoms with E-state index in [0.29, 0.717) is 12.2 Å². The average molecular weight is 235 g/mol. The number of fused-ring (bicyclic) bond motifs is 1. The quantitative estimate of drug-likeness (QED) is 0.864. The molecular weight excluding hydrogens is 218 g/mol. The Labute approximate surface area is 101 Å². The van der Waals surface area contributed by atoms with Crippen molar-refractivity contribution in [2.75, 3.05) is 31.7 Å². The van der Waals surface area contributed by atoms with Crippen LogP contribution in [0.4, 0.5) is 5.69 Å². The first kappa shape index (κ1) is 11.9. The number of rotatable bonds is 4. The van der Waals surface area contributed by atoms with E-state index in [4.69, 9.17) is 9.84 Å². The standard InChI is InChI=1S/C13H17NO3/c1-17-9-8-14-7-3-5-10-11(13(15)16)4-2-6-12(10)14/h2,4,6H,3,5,7-9H2,1H3,(H,15,16). The predicted octanol–water partition coefficient (Wildman–Crippen LogP) is 1.78. The van der Waals surface area contributed by atoms with E-state index in [0.717, 1.165) is 37.2 Å². The Bertz CT molecular complexity index is 417. The number of methoxy groups -OCH3 is 1. The summed E-state index contributed by atoms with van der Waals surface area (Å²) in [7, 11) is 1.68. The molecule has 1 aliphatic rings. The molecule has 1 aliphatic heterocycles. The van der Waals surface area contributed by atoms with Crippen LogP contribution in [0.2, 0.25) is 0 Å². The summed E-state index contributed by atoms with van der Waals surface area (Å²) in [5, 5.41) is 9.16. The maximum atomic E-state index is 11.2. The molecule has 4 heteroatoms. The number of carboxylic acid groups (broad SMARTS) is 1. The van der Waals surface area contributed by atoms with Gasteiger partial charge in [-0.3, -0.25) is 0 Å². The first-order valence-corrected chi connectivity index (χ1v) is 5.83. The van der Waals surface area contributed by atoms with Gasteiger partial charge in [0.05, 0.1) is 12.2 Å². The lowest BCUT2D eigenvalue weighted by atomic mass is 9.96. The molecule has 0 bridgehead atoms. The fourth-order valence-electron chi connectivity index (χ4n) is 2.33. The zero-order valence-corrected chi connectivity index (χ0v) is 9.98. The number of carbonyl (C=O) groups is 1. The fraction of sp³-hybridized carbons (Fsp3) is 0.462. The summed E-state index contributed by atoms with van der Waals surface area (Å²) in [5.74, 6) is -0.838. The monoisotopic (exact) mass is 235 g/mol. The lowest BCUT2D eigenvalue weighted by Crippen LogP contribution is -2.33. The smallest absolute Gasteiger partial charge is 0.336 e. The number of nitrogens with zero attached hydrogens (tertiary/aromatic N) is 1. The van der Waals surface area contributed by atoms with Gasteiger partial charge in [0.2, 0.25) is 0 Å². The Kier molecular flexibility index (Phi) is 3.64. The van der Waals surface area contributed by atoms with Gasteiger partial charge in [0.15, 0.2) is 0 Å². The highest BCUT2D eigenvalue weighted by molar-refractivity contribution is 5.91. The molecule has 1 N–H and O–H groups in total. The van der Waals surface area contributed by atoms with Gasteiger partial charge in [-0.2, -0.15) is 0 Å². The summed E-state index contributed by atoms with van der Waals surface area (Å²) in [6.07, 6.45) is 1.85. The molecule has 0 radical (unpaired) electrons. The maximum Gasteiger partial charge on any atom is 0.336 e. The van der Waals surface area contributed by atoms with E-state index in [1.807, 2.05) is 12.1 Å². The molecule has 1 aromatic carbocycles. The van der Waals surface area contributed by atoms with Crippen molar-refractivity contribution in [2.24, 2.45) is 0 Å². The molecular formula is C13H17NO3. The van der Waals surface area contributed by atoms with E-state index in [1.165, 1.54) is 0 Å². The predicted molar refractivity (Wildman–Crippen MR) is 65.8 cm³/mol. The highest BCUT2D eigenvalue weighted by Gasteiger charge is 2.21. The highest BCUT2D eigenvalue weighted by atomic mass is 16.5. The van der Waals surface area contributed by atoms with Gasteiger partial charge in [0, 0.05) is 25.9 Å². The van der Waals surface area contributed by atoms with E-state index in [9.17, 15) is 4.79 Å². The van der Waals surface area contributed by atoms with Crippen LogP contribution in [0, 0.1) is 0 Å². The molecule has 0 atom stereocenters. The van der Waals surface area contributed by atoms with Crippen LogP contribution in [0.25, 0.3) is 0 Å². The number of carboxylic acids is 1. The third-order valence-electron chi connectivity index (χ3n) is 3.14. The topological polar surface area (TPSA) is 49.8 Å². The zero-order valence-electron chi connectivity index (χ0n) is 9.98. The number of aromatic carboxylic acids is 1. The van der Waals surface area contributed by atoms with E-state index in [-0.39, 0.29) is 0 Å². The second-order valence-corrected chi connectivity index (χ2v) is 4.19. The number of hydrogen-bond donors (Lipinski definition) is 1. The van der Waals surface area contributed by atoms with Crippen molar-refractivity contribution < 1.29 is 14.6 Å². The van der Waals surface area contributed by atoms with E-state index in [2.05, 4.69) is 4.90 Å². The summed E-state index contributed by atoms with van der Waals surface area (Å²) in [5.41, 5.74) is 2.44. The highest BCUT2D eigenvalue weighted by Crippen LogP contribution is 2.29. The van der Waals surface area contributed by atoms with Crippen LogP contribution in [-0.4, -0.2) is 37.9 Å². The van der Waals surface area contributed by atoms with E-state index < -0.39 is 5.97 Å². The van der Waals surface area contributed by atoms with Gasteiger partial charge in [0.1, 0.15) is 0 Å². The van der Waals surface area contributed by atoms with Crippen molar-refractivity contribution in [2.45, 2.75) is 12.8 Å². The van der Waals surface area contributed by atoms with Crippen LogP contribution >= 0.6 is 0 Å². The second kappa shape index (κ2) is 5.19. The van der Waals surface area contributed by atoms with Crippen molar-refractivity contribution >= 4 is 11.7 Å². The third-order valence-corrected chi connectivity index (χ3v) is 3.14. The molecule has 0 unspecified atom stereocenters. The molecule has 0 saturated heterocycles. The Balaban J connectivity index is 2.32. The van der Waals surface area contributed by atoms with Crippen molar-refractivity contribution in [3.05, 3.63) is 29.3 Å². The first-order valence-electron chi connectivity index (χ1n) is 5.83. The molecule has 92 valence electrons. The number of ether oxygens (including phenoxy) is 1. The van der Waals surface area contributed by atoms with Crippen molar-refractivity contribution in [3.63, 3.8) is 0 Å². The van der Waals surface area contributed by atoms with Crippen LogP contribution in [0.3, 0.4) is 0 Å². The summed E-state index contributed by atoms with van der Waals surface area (Å²) in [6.45, 7) is 2.45. The Morgan fingerprint density at radius 3 is 3.06 bits per heavy atom. The lowest BCUT2D eigenvalue weighted by molar-refractivity contribution is 0.0695. The van der Waals surface area contributed by atoms with Gasteiger partial charge >= 0.3 is 5.97 Å². The van der Waals surface area contributed by atoms with Crippen molar-refractivity contribution in [1.82, 2.24) is 0 Å². The van der Waals surface area contributed by atoms with Crippen LogP contribution in [0.1, 0.15) is 22.3 Å². The van der Waals surface area contributed by atoms with Crippen LogP contribution in [0.5, 0.6) is 0 Å². The van der Waals surface area contributed by atoms with Gasteiger partial charge in [-0.25, -0.2) is 4.79 Å². The van der Waals surface area contributed by atoms with E-state index >= 15 is 0 Å². The molecule has 0 spiro atoms. The molecule has 0 saturated carbocycles. The molecule has 0 aliphatic carbocycles. The molecule has 2 rings (SSSR count). The van der Waals surface area contributed by atoms with Gasteiger partial charge < -0.3 is 14.7 Å². The van der Waals surface area contributed by atoms with Gasteiger partial charge in [-0.15, -0.1) is 0 Å². The minimum atomic E-state index is -0.838. The van der Waals surface area contributed by atoms with E-state index in [1.54, 1.807) is 13.2 Å². The fourth-order valence-corrected chi connectivity index (χ4v) is 2.33. The van der Waals surface area contributed by atoms with Crippen LogP contribution in [0.15, 0.2) is 18.2 Å². The first-order chi connectivity index (χ1) is 8.24. The zero-order chi connectivity index (χ0) is 12.3. The minimum Gasteiger partial charge on any atom is -0.478 e. The molecule has 1 aromatic rings. The Hall–Kier alpha value is -1.55. The summed E-state index contributed by atoms with van der Waals surface area (Å²) in [6, 6.07) is 5.49. The molecule has 4 nitrogen and oxygen atoms in total. The summed E-state index contributed by atoms with van der Waals surface area (Å²) >= 11 is 0. The van der Waals surface area contributed by atoms with Crippen LogP contribution in [-0.2, 0) is 11.2 Å². The van der Waals surface area contributed by atoms with Gasteiger partial charge in [0.25, 0.3) is 0 Å². The summed E-state index contributed by atoms with van der Waals surface area (Å²) < 4.78 is 5.08. The number of anilines is 1. The molecule has 17 heavy (non-hydrogen) atoms. The van der Waals surface area contributed by atoms with Gasteiger partial charge in [-0.1, -0.05) is 6.07 Å².